The van der Waals surface area contributed by atoms with Crippen LogP contribution in [0.2, 0.25) is 5.02 Å². The van der Waals surface area contributed by atoms with E-state index >= 15 is 0 Å². The lowest BCUT2D eigenvalue weighted by Gasteiger charge is -2.09. The Morgan fingerprint density at radius 1 is 0.704 bits per heavy atom. The Bertz CT molecular complexity index is 979. The zero-order valence-electron chi connectivity index (χ0n) is 14.2. The summed E-state index contributed by atoms with van der Waals surface area (Å²) in [5.41, 5.74) is 1.21. The van der Waals surface area contributed by atoms with Crippen molar-refractivity contribution in [3.8, 4) is 0 Å². The normalized spacial score (nSPS) is 10.3. The second kappa shape index (κ2) is 8.43. The van der Waals surface area contributed by atoms with Crippen LogP contribution in [0.4, 0.5) is 0 Å². The average molecular weight is 379 g/mol. The van der Waals surface area contributed by atoms with Gasteiger partial charge >= 0.3 is 5.97 Å². The Balaban J connectivity index is 1.75. The van der Waals surface area contributed by atoms with Crippen LogP contribution in [0, 0.1) is 0 Å². The van der Waals surface area contributed by atoms with Crippen LogP contribution in [0.1, 0.15) is 36.6 Å². The van der Waals surface area contributed by atoms with E-state index in [1.54, 1.807) is 72.8 Å². The lowest BCUT2D eigenvalue weighted by atomic mass is 9.98. The molecular formula is C22H15ClO4. The Morgan fingerprint density at radius 2 is 1.30 bits per heavy atom. The molecule has 0 spiro atoms. The lowest BCUT2D eigenvalue weighted by Crippen LogP contribution is -2.17. The third-order valence-electron chi connectivity index (χ3n) is 3.93. The van der Waals surface area contributed by atoms with Crippen LogP contribution in [0.5, 0.6) is 0 Å². The highest BCUT2D eigenvalue weighted by molar-refractivity contribution is 6.30. The largest absolute Gasteiger partial charge is 0.454 e. The van der Waals surface area contributed by atoms with E-state index in [2.05, 4.69) is 0 Å². The van der Waals surface area contributed by atoms with E-state index in [9.17, 15) is 14.4 Å². The monoisotopic (exact) mass is 378 g/mol. The number of esters is 1. The molecule has 3 aromatic rings. The molecule has 0 aliphatic carbocycles. The van der Waals surface area contributed by atoms with Gasteiger partial charge in [-0.2, -0.15) is 0 Å². The third-order valence-corrected chi connectivity index (χ3v) is 4.18. The minimum atomic E-state index is -0.725. The van der Waals surface area contributed by atoms with E-state index in [0.717, 1.165) is 0 Å². The molecule has 0 atom stereocenters. The molecule has 4 nitrogen and oxygen atoms in total. The van der Waals surface area contributed by atoms with Gasteiger partial charge in [0.15, 0.2) is 18.2 Å². The van der Waals surface area contributed by atoms with Gasteiger partial charge in [-0.1, -0.05) is 60.1 Å². The minimum absolute atomic E-state index is 0.121. The SMILES string of the molecule is O=C(COC(=O)c1ccccc1C(=O)c1ccccc1)c1ccc(Cl)cc1. The van der Waals surface area contributed by atoms with E-state index in [1.807, 2.05) is 0 Å². The number of ketones is 2. The Labute approximate surface area is 161 Å². The molecule has 5 heteroatoms. The number of benzene rings is 3. The van der Waals surface area contributed by atoms with Crippen LogP contribution in [0.15, 0.2) is 78.9 Å². The van der Waals surface area contributed by atoms with Gasteiger partial charge in [-0.15, -0.1) is 0 Å². The molecule has 0 heterocycles. The summed E-state index contributed by atoms with van der Waals surface area (Å²) in [5, 5.41) is 0.511. The number of ether oxygens (including phenoxy) is 1. The summed E-state index contributed by atoms with van der Waals surface area (Å²) in [6.07, 6.45) is 0. The van der Waals surface area contributed by atoms with Crippen molar-refractivity contribution in [1.82, 2.24) is 0 Å². The summed E-state index contributed by atoms with van der Waals surface area (Å²) < 4.78 is 5.13. The molecule has 0 bridgehead atoms. The van der Waals surface area contributed by atoms with E-state index in [0.29, 0.717) is 16.1 Å². The Hall–Kier alpha value is -3.24. The zero-order valence-corrected chi connectivity index (χ0v) is 15.0. The standard InChI is InChI=1S/C22H15ClO4/c23-17-12-10-15(11-13-17)20(24)14-27-22(26)19-9-5-4-8-18(19)21(25)16-6-2-1-3-7-16/h1-13H,14H2. The van der Waals surface area contributed by atoms with Gasteiger partial charge in [0.25, 0.3) is 0 Å². The highest BCUT2D eigenvalue weighted by Crippen LogP contribution is 2.16. The van der Waals surface area contributed by atoms with Crippen molar-refractivity contribution >= 4 is 29.1 Å². The van der Waals surface area contributed by atoms with Crippen molar-refractivity contribution in [1.29, 1.82) is 0 Å². The summed E-state index contributed by atoms with van der Waals surface area (Å²) >= 11 is 5.79. The van der Waals surface area contributed by atoms with Crippen molar-refractivity contribution in [3.05, 3.63) is 106 Å². The summed E-state index contributed by atoms with van der Waals surface area (Å²) in [6, 6.07) is 21.3. The fraction of sp³-hybridized carbons (Fsp3) is 0.0455. The fourth-order valence-electron chi connectivity index (χ4n) is 2.53. The van der Waals surface area contributed by atoms with Gasteiger partial charge in [0, 0.05) is 21.7 Å². The van der Waals surface area contributed by atoms with Gasteiger partial charge in [0.05, 0.1) is 5.56 Å². The molecular weight excluding hydrogens is 364 g/mol. The molecule has 0 aliphatic heterocycles. The summed E-state index contributed by atoms with van der Waals surface area (Å²) in [5.74, 6) is -1.36. The molecule has 3 rings (SSSR count). The number of Topliss-reactive ketones (excluding diaryl/α,β-unsaturated/α-hetero) is 1. The Kier molecular flexibility index (Phi) is 5.79. The third kappa shape index (κ3) is 4.49. The lowest BCUT2D eigenvalue weighted by molar-refractivity contribution is 0.0473. The van der Waals surface area contributed by atoms with Crippen molar-refractivity contribution in [2.24, 2.45) is 0 Å². The topological polar surface area (TPSA) is 60.4 Å². The van der Waals surface area contributed by atoms with Crippen LogP contribution in [-0.2, 0) is 4.74 Å². The second-order valence-electron chi connectivity index (χ2n) is 5.75. The smallest absolute Gasteiger partial charge is 0.339 e. The molecule has 0 aliphatic rings. The highest BCUT2D eigenvalue weighted by atomic mass is 35.5. The number of carbonyl (C=O) groups is 3. The molecule has 0 amide bonds. The van der Waals surface area contributed by atoms with Crippen LogP contribution in [-0.4, -0.2) is 24.1 Å². The maximum absolute atomic E-state index is 12.7. The number of rotatable bonds is 6. The molecule has 0 aromatic heterocycles. The molecule has 0 fully saturated rings. The minimum Gasteiger partial charge on any atom is -0.454 e. The predicted octanol–water partition coefficient (Wildman–Crippen LogP) is 4.61. The highest BCUT2D eigenvalue weighted by Gasteiger charge is 2.20. The van der Waals surface area contributed by atoms with Crippen molar-refractivity contribution < 1.29 is 19.1 Å². The first-order chi connectivity index (χ1) is 13.1. The number of hydrogen-bond acceptors (Lipinski definition) is 4. The molecule has 3 aromatic carbocycles. The molecule has 0 unspecified atom stereocenters. The van der Waals surface area contributed by atoms with E-state index in [1.165, 1.54) is 6.07 Å². The Morgan fingerprint density at radius 3 is 1.96 bits per heavy atom. The van der Waals surface area contributed by atoms with Gasteiger partial charge in [-0.05, 0) is 30.3 Å². The maximum Gasteiger partial charge on any atom is 0.339 e. The molecule has 134 valence electrons. The molecule has 0 radical (unpaired) electrons. The number of carbonyl (C=O) groups excluding carboxylic acids is 3. The molecule has 27 heavy (non-hydrogen) atoms. The average Bonchev–Trinajstić information content (AvgIpc) is 2.72. The van der Waals surface area contributed by atoms with Crippen molar-refractivity contribution in [2.45, 2.75) is 0 Å². The first-order valence-corrected chi connectivity index (χ1v) is 8.59. The van der Waals surface area contributed by atoms with Gasteiger partial charge < -0.3 is 4.74 Å². The van der Waals surface area contributed by atoms with Crippen molar-refractivity contribution in [3.63, 3.8) is 0 Å². The summed E-state index contributed by atoms with van der Waals surface area (Å²) in [7, 11) is 0. The molecule has 0 N–H and O–H groups in total. The van der Waals surface area contributed by atoms with E-state index in [-0.39, 0.29) is 22.7 Å². The number of halogens is 1. The quantitative estimate of drug-likeness (QED) is 0.464. The maximum atomic E-state index is 12.7. The fourth-order valence-corrected chi connectivity index (χ4v) is 2.66. The van der Waals surface area contributed by atoms with Crippen molar-refractivity contribution in [2.75, 3.05) is 6.61 Å². The van der Waals surface area contributed by atoms with Gasteiger partial charge in [0.2, 0.25) is 0 Å². The van der Waals surface area contributed by atoms with Gasteiger partial charge in [0.1, 0.15) is 0 Å². The zero-order chi connectivity index (χ0) is 19.2. The number of hydrogen-bond donors (Lipinski definition) is 0. The molecule has 0 saturated carbocycles. The molecule has 0 saturated heterocycles. The predicted molar refractivity (Wildman–Crippen MR) is 102 cm³/mol. The first-order valence-electron chi connectivity index (χ1n) is 8.21. The first kappa shape index (κ1) is 18.5. The summed E-state index contributed by atoms with van der Waals surface area (Å²) in [4.78, 5) is 37.3. The van der Waals surface area contributed by atoms with Crippen LogP contribution in [0.25, 0.3) is 0 Å². The van der Waals surface area contributed by atoms with Gasteiger partial charge in [-0.3, -0.25) is 9.59 Å². The summed E-state index contributed by atoms with van der Waals surface area (Å²) in [6.45, 7) is -0.422. The van der Waals surface area contributed by atoms with Gasteiger partial charge in [-0.25, -0.2) is 4.79 Å². The van der Waals surface area contributed by atoms with E-state index < -0.39 is 12.6 Å². The second-order valence-corrected chi connectivity index (χ2v) is 6.18. The van der Waals surface area contributed by atoms with E-state index in [4.69, 9.17) is 16.3 Å². The van der Waals surface area contributed by atoms with Crippen LogP contribution < -0.4 is 0 Å². The van der Waals surface area contributed by atoms with Crippen LogP contribution >= 0.6 is 11.6 Å². The van der Waals surface area contributed by atoms with Crippen LogP contribution in [0.3, 0.4) is 0 Å².